The standard InChI is InChI=1S/C27H37O15P/c1-14(29)37-40-43(36,41-38-15(2)30)42-39-23(34)11-17-10-18(31)9-16-5-6-19-20-7-8-27(35,22(33)13-28)25(20,3)12-21(32)24(19)26(16,17)4/h9,17,19-21,24,28,32,35H,5-8,10-13H2,1-4H3/t17?,19-,20-,21-,24+,25-,26+,27-/m0/s1. The van der Waals surface area contributed by atoms with Crippen LogP contribution in [-0.2, 0) is 57.2 Å². The van der Waals surface area contributed by atoms with Crippen LogP contribution < -0.4 is 0 Å². The second-order valence-corrected chi connectivity index (χ2v) is 13.6. The van der Waals surface area contributed by atoms with E-state index in [4.69, 9.17) is 0 Å². The highest BCUT2D eigenvalue weighted by Gasteiger charge is 2.69. The third kappa shape index (κ3) is 5.96. The normalized spacial score (nSPS) is 36.9. The minimum atomic E-state index is -5.09. The van der Waals surface area contributed by atoms with Gasteiger partial charge in [-0.3, -0.25) is 24.3 Å². The van der Waals surface area contributed by atoms with Gasteiger partial charge in [0, 0.05) is 25.7 Å². The topological polar surface area (TPSA) is 218 Å². The molecule has 0 bridgehead atoms. The van der Waals surface area contributed by atoms with Crippen molar-refractivity contribution in [3.8, 4) is 0 Å². The first kappa shape index (κ1) is 33.4. The average Bonchev–Trinajstić information content (AvgIpc) is 3.20. The number of phosphoric acid groups is 1. The first-order valence-electron chi connectivity index (χ1n) is 14.0. The summed E-state index contributed by atoms with van der Waals surface area (Å²) in [6.07, 6.45) is 1.81. The molecular weight excluding hydrogens is 595 g/mol. The number of fused-ring (bicyclic) bond motifs is 5. The zero-order chi connectivity index (χ0) is 32.0. The number of aliphatic hydroxyl groups excluding tert-OH is 2. The molecule has 0 aromatic heterocycles. The van der Waals surface area contributed by atoms with Crippen LogP contribution in [-0.4, -0.2) is 63.1 Å². The van der Waals surface area contributed by atoms with Crippen molar-refractivity contribution < 1.29 is 72.5 Å². The fourth-order valence-corrected chi connectivity index (χ4v) is 8.95. The fourth-order valence-electron chi connectivity index (χ4n) is 8.31. The van der Waals surface area contributed by atoms with E-state index in [0.29, 0.717) is 19.3 Å². The van der Waals surface area contributed by atoms with Crippen molar-refractivity contribution in [1.82, 2.24) is 0 Å². The molecule has 4 aliphatic rings. The maximum absolute atomic E-state index is 12.9. The molecule has 4 rings (SSSR count). The molecule has 4 aliphatic carbocycles. The quantitative estimate of drug-likeness (QED) is 0.178. The maximum Gasteiger partial charge on any atom is 0.584 e. The summed E-state index contributed by atoms with van der Waals surface area (Å²) in [5.74, 6) is -5.67. The van der Waals surface area contributed by atoms with Gasteiger partial charge in [0.2, 0.25) is 0 Å². The summed E-state index contributed by atoms with van der Waals surface area (Å²) in [6, 6.07) is 0. The summed E-state index contributed by atoms with van der Waals surface area (Å²) in [5, 5.41) is 32.7. The van der Waals surface area contributed by atoms with E-state index in [-0.39, 0.29) is 36.9 Å². The van der Waals surface area contributed by atoms with Crippen LogP contribution in [0.15, 0.2) is 11.6 Å². The number of hydrogen-bond donors (Lipinski definition) is 3. The zero-order valence-corrected chi connectivity index (χ0v) is 25.2. The fraction of sp³-hybridized carbons (Fsp3) is 0.741. The van der Waals surface area contributed by atoms with E-state index in [1.165, 1.54) is 0 Å². The van der Waals surface area contributed by atoms with Crippen LogP contribution in [0.1, 0.15) is 72.6 Å². The highest BCUT2D eigenvalue weighted by atomic mass is 31.2. The van der Waals surface area contributed by atoms with Crippen molar-refractivity contribution in [1.29, 1.82) is 0 Å². The number of carbonyl (C=O) groups excluding carboxylic acids is 5. The predicted molar refractivity (Wildman–Crippen MR) is 139 cm³/mol. The molecule has 0 amide bonds. The molecule has 3 fully saturated rings. The molecule has 0 saturated heterocycles. The van der Waals surface area contributed by atoms with Crippen molar-refractivity contribution in [2.45, 2.75) is 84.3 Å². The first-order chi connectivity index (χ1) is 20.0. The second-order valence-electron chi connectivity index (χ2n) is 12.3. The summed E-state index contributed by atoms with van der Waals surface area (Å²) >= 11 is 0. The van der Waals surface area contributed by atoms with Crippen molar-refractivity contribution in [2.75, 3.05) is 6.61 Å². The number of allylic oxidation sites excluding steroid dienone is 1. The van der Waals surface area contributed by atoms with Crippen LogP contribution in [0, 0.1) is 34.5 Å². The van der Waals surface area contributed by atoms with Crippen LogP contribution in [0.25, 0.3) is 0 Å². The average molecular weight is 633 g/mol. The molecule has 43 heavy (non-hydrogen) atoms. The lowest BCUT2D eigenvalue weighted by Crippen LogP contribution is -2.63. The van der Waals surface area contributed by atoms with E-state index in [0.717, 1.165) is 19.4 Å². The molecule has 0 aliphatic heterocycles. The summed E-state index contributed by atoms with van der Waals surface area (Å²) < 4.78 is 25.5. The van der Waals surface area contributed by atoms with Gasteiger partial charge in [0.1, 0.15) is 12.2 Å². The molecular formula is C27H37O15P. The van der Waals surface area contributed by atoms with E-state index in [9.17, 15) is 43.9 Å². The van der Waals surface area contributed by atoms with Gasteiger partial charge in [-0.2, -0.15) is 0 Å². The predicted octanol–water partition coefficient (Wildman–Crippen LogP) is 1.97. The molecule has 0 spiro atoms. The van der Waals surface area contributed by atoms with E-state index < -0.39 is 78.9 Å². The van der Waals surface area contributed by atoms with Crippen LogP contribution in [0.5, 0.6) is 0 Å². The van der Waals surface area contributed by atoms with Crippen LogP contribution >= 0.6 is 7.82 Å². The van der Waals surface area contributed by atoms with Crippen molar-refractivity contribution in [3.05, 3.63) is 11.6 Å². The first-order valence-corrected chi connectivity index (χ1v) is 15.5. The Bertz CT molecular complexity index is 1240. The smallest absolute Gasteiger partial charge is 0.393 e. The third-order valence-corrected chi connectivity index (χ3v) is 10.9. The number of ketones is 2. The summed E-state index contributed by atoms with van der Waals surface area (Å²) in [6.45, 7) is 4.61. The minimum absolute atomic E-state index is 0.0718. The number of rotatable bonds is 10. The Morgan fingerprint density at radius 2 is 1.63 bits per heavy atom. The molecule has 16 heteroatoms. The Balaban J connectivity index is 1.56. The van der Waals surface area contributed by atoms with E-state index in [2.05, 4.69) is 28.7 Å². The van der Waals surface area contributed by atoms with Crippen LogP contribution in [0.4, 0.5) is 0 Å². The number of hydrogen-bond acceptors (Lipinski definition) is 15. The van der Waals surface area contributed by atoms with Gasteiger partial charge in [-0.1, -0.05) is 33.4 Å². The summed E-state index contributed by atoms with van der Waals surface area (Å²) in [4.78, 5) is 73.3. The van der Waals surface area contributed by atoms with Gasteiger partial charge in [0.05, 0.1) is 12.5 Å². The van der Waals surface area contributed by atoms with Gasteiger partial charge in [0.15, 0.2) is 11.6 Å². The van der Waals surface area contributed by atoms with E-state index in [1.807, 2.05) is 6.92 Å². The maximum atomic E-state index is 12.9. The van der Waals surface area contributed by atoms with Crippen molar-refractivity contribution in [2.24, 2.45) is 34.5 Å². The molecule has 0 aromatic carbocycles. The number of aliphatic hydroxyl groups is 3. The molecule has 3 saturated carbocycles. The Morgan fingerprint density at radius 3 is 2.21 bits per heavy atom. The monoisotopic (exact) mass is 632 g/mol. The van der Waals surface area contributed by atoms with Crippen LogP contribution in [0.3, 0.4) is 0 Å². The van der Waals surface area contributed by atoms with Gasteiger partial charge in [-0.25, -0.2) is 18.9 Å². The SMILES string of the molecule is CC(=O)OOP(=O)(OOC(C)=O)OOC(=O)CC1CC(=O)C=C2CC[C@@H]3[C@H]([C@@H](O)C[C@@]4(C)[C@H]3CC[C@]4(O)C(=O)CO)[C@]21C. The molecule has 3 N–H and O–H groups in total. The Hall–Kier alpha value is -2.52. The largest absolute Gasteiger partial charge is 0.584 e. The van der Waals surface area contributed by atoms with Gasteiger partial charge < -0.3 is 15.3 Å². The van der Waals surface area contributed by atoms with Crippen molar-refractivity contribution in [3.63, 3.8) is 0 Å². The lowest BCUT2D eigenvalue weighted by molar-refractivity contribution is -0.295. The molecule has 0 radical (unpaired) electrons. The van der Waals surface area contributed by atoms with Crippen LogP contribution in [0.2, 0.25) is 0 Å². The van der Waals surface area contributed by atoms with Gasteiger partial charge in [-0.15, -0.1) is 0 Å². The highest BCUT2D eigenvalue weighted by Crippen LogP contribution is 2.68. The molecule has 0 aromatic rings. The minimum Gasteiger partial charge on any atom is -0.393 e. The van der Waals surface area contributed by atoms with E-state index >= 15 is 0 Å². The number of Topliss-reactive ketones (excluding diaryl/α,β-unsaturated/α-hetero) is 1. The second kappa shape index (κ2) is 12.1. The van der Waals surface area contributed by atoms with Gasteiger partial charge in [0.25, 0.3) is 0 Å². The van der Waals surface area contributed by atoms with Crippen molar-refractivity contribution >= 4 is 37.3 Å². The molecule has 8 atom stereocenters. The molecule has 1 unspecified atom stereocenters. The Labute approximate surface area is 247 Å². The molecule has 15 nitrogen and oxygen atoms in total. The Morgan fingerprint density at radius 1 is 1.02 bits per heavy atom. The zero-order valence-electron chi connectivity index (χ0n) is 24.3. The lowest BCUT2D eigenvalue weighted by Gasteiger charge is -2.62. The molecule has 0 heterocycles. The lowest BCUT2D eigenvalue weighted by atomic mass is 9.43. The van der Waals surface area contributed by atoms with Gasteiger partial charge >= 0.3 is 25.7 Å². The Kier molecular flexibility index (Phi) is 9.40. The third-order valence-electron chi connectivity index (χ3n) is 10.1. The number of carbonyl (C=O) groups is 5. The van der Waals surface area contributed by atoms with Gasteiger partial charge in [-0.05, 0) is 67.3 Å². The highest BCUT2D eigenvalue weighted by molar-refractivity contribution is 7.48. The molecule has 240 valence electrons. The van der Waals surface area contributed by atoms with E-state index in [1.54, 1.807) is 13.0 Å². The summed E-state index contributed by atoms with van der Waals surface area (Å²) in [7, 11) is -5.09. The summed E-state index contributed by atoms with van der Waals surface area (Å²) in [5.41, 5.74) is -2.89.